The smallest absolute Gasteiger partial charge is 0.328 e. The van der Waals surface area contributed by atoms with E-state index in [1.807, 2.05) is 18.2 Å². The van der Waals surface area contributed by atoms with Crippen molar-refractivity contribution >= 4 is 29.1 Å². The number of carbonyl (C=O) groups excluding carboxylic acids is 2. The third-order valence-corrected chi connectivity index (χ3v) is 3.94. The summed E-state index contributed by atoms with van der Waals surface area (Å²) in [5.41, 5.74) is 7.93. The van der Waals surface area contributed by atoms with Crippen molar-refractivity contribution < 1.29 is 19.1 Å². The number of aromatic nitrogens is 1. The SMILES string of the molecule is CCOc1nc(Nc2ccc(C[C@@H](NC(C)=O)C(=O)OC)cc2)cc(N)c1C#N. The number of esters is 1. The number of pyridine rings is 1. The number of hydrogen-bond donors (Lipinski definition) is 3. The van der Waals surface area contributed by atoms with E-state index in [0.29, 0.717) is 18.8 Å². The highest BCUT2D eigenvalue weighted by molar-refractivity contribution is 5.83. The summed E-state index contributed by atoms with van der Waals surface area (Å²) in [6.45, 7) is 3.49. The summed E-state index contributed by atoms with van der Waals surface area (Å²) in [5.74, 6) is -0.217. The number of ether oxygens (including phenoxy) is 2. The molecule has 0 aliphatic heterocycles. The Hall–Kier alpha value is -3.80. The van der Waals surface area contributed by atoms with Crippen LogP contribution in [0.4, 0.5) is 17.2 Å². The number of amides is 1. The first kappa shape index (κ1) is 21.5. The summed E-state index contributed by atoms with van der Waals surface area (Å²) in [6.07, 6.45) is 0.295. The van der Waals surface area contributed by atoms with E-state index in [1.54, 1.807) is 25.1 Å². The molecule has 0 bridgehead atoms. The molecule has 0 aliphatic rings. The molecule has 1 heterocycles. The molecule has 0 spiro atoms. The lowest BCUT2D eigenvalue weighted by molar-refractivity contribution is -0.144. The highest BCUT2D eigenvalue weighted by atomic mass is 16.5. The van der Waals surface area contributed by atoms with Crippen molar-refractivity contribution in [3.05, 3.63) is 41.5 Å². The quantitative estimate of drug-likeness (QED) is 0.574. The number of methoxy groups -OCH3 is 1. The van der Waals surface area contributed by atoms with Gasteiger partial charge in [0.05, 0.1) is 19.4 Å². The van der Waals surface area contributed by atoms with Crippen molar-refractivity contribution in [2.75, 3.05) is 24.8 Å². The van der Waals surface area contributed by atoms with E-state index in [1.165, 1.54) is 14.0 Å². The maximum absolute atomic E-state index is 11.8. The fraction of sp³-hybridized carbons (Fsp3) is 0.300. The average molecular weight is 397 g/mol. The number of nitrogens with zero attached hydrogens (tertiary/aromatic N) is 2. The maximum atomic E-state index is 11.8. The number of nitrogens with one attached hydrogen (secondary N) is 2. The van der Waals surface area contributed by atoms with Crippen LogP contribution in [0.15, 0.2) is 30.3 Å². The molecule has 1 atom stereocenters. The summed E-state index contributed by atoms with van der Waals surface area (Å²) in [5, 5.41) is 14.9. The Kier molecular flexibility index (Phi) is 7.37. The molecule has 9 heteroatoms. The topological polar surface area (TPSA) is 139 Å². The van der Waals surface area contributed by atoms with E-state index in [4.69, 9.17) is 15.2 Å². The van der Waals surface area contributed by atoms with Gasteiger partial charge in [-0.1, -0.05) is 12.1 Å². The van der Waals surface area contributed by atoms with Gasteiger partial charge in [0.15, 0.2) is 0 Å². The minimum absolute atomic E-state index is 0.172. The summed E-state index contributed by atoms with van der Waals surface area (Å²) >= 11 is 0. The van der Waals surface area contributed by atoms with Gasteiger partial charge in [-0.05, 0) is 24.6 Å². The predicted octanol–water partition coefficient (Wildman–Crippen LogP) is 1.90. The van der Waals surface area contributed by atoms with Crippen molar-refractivity contribution in [2.24, 2.45) is 0 Å². The lowest BCUT2D eigenvalue weighted by Crippen LogP contribution is -2.41. The molecule has 29 heavy (non-hydrogen) atoms. The van der Waals surface area contributed by atoms with Crippen LogP contribution in [0, 0.1) is 11.3 Å². The predicted molar refractivity (Wildman–Crippen MR) is 108 cm³/mol. The molecule has 0 saturated heterocycles. The van der Waals surface area contributed by atoms with E-state index in [2.05, 4.69) is 15.6 Å². The molecule has 0 radical (unpaired) electrons. The molecule has 1 aromatic carbocycles. The number of rotatable bonds is 8. The Morgan fingerprint density at radius 3 is 2.55 bits per heavy atom. The van der Waals surface area contributed by atoms with Gasteiger partial charge in [0.25, 0.3) is 0 Å². The largest absolute Gasteiger partial charge is 0.477 e. The van der Waals surface area contributed by atoms with Gasteiger partial charge in [-0.25, -0.2) is 4.79 Å². The van der Waals surface area contributed by atoms with Crippen molar-refractivity contribution in [3.63, 3.8) is 0 Å². The molecule has 9 nitrogen and oxygen atoms in total. The van der Waals surface area contributed by atoms with Gasteiger partial charge in [-0.2, -0.15) is 10.2 Å². The van der Waals surface area contributed by atoms with E-state index in [9.17, 15) is 14.9 Å². The normalized spacial score (nSPS) is 11.1. The first-order valence-corrected chi connectivity index (χ1v) is 8.92. The third kappa shape index (κ3) is 5.84. The van der Waals surface area contributed by atoms with Crippen molar-refractivity contribution in [2.45, 2.75) is 26.3 Å². The van der Waals surface area contributed by atoms with Crippen LogP contribution in [0.25, 0.3) is 0 Å². The molecule has 1 aromatic heterocycles. The first-order chi connectivity index (χ1) is 13.9. The Balaban J connectivity index is 2.15. The van der Waals surface area contributed by atoms with Crippen LogP contribution in [-0.2, 0) is 20.7 Å². The summed E-state index contributed by atoms with van der Waals surface area (Å²) in [4.78, 5) is 27.4. The molecule has 152 valence electrons. The van der Waals surface area contributed by atoms with E-state index < -0.39 is 12.0 Å². The standard InChI is InChI=1S/C20H23N5O4/c1-4-29-19-15(11-21)16(22)10-18(25-19)24-14-7-5-13(6-8-14)9-17(20(27)28-3)23-12(2)26/h5-8,10,17H,4,9H2,1-3H3,(H,23,26)(H3,22,24,25)/t17-/m1/s1. The maximum Gasteiger partial charge on any atom is 0.328 e. The number of hydrogen-bond acceptors (Lipinski definition) is 8. The molecule has 0 unspecified atom stereocenters. The first-order valence-electron chi connectivity index (χ1n) is 8.92. The zero-order valence-corrected chi connectivity index (χ0v) is 16.5. The lowest BCUT2D eigenvalue weighted by Gasteiger charge is -2.16. The van der Waals surface area contributed by atoms with Crippen LogP contribution in [0.3, 0.4) is 0 Å². The Labute approximate surface area is 168 Å². The molecule has 2 aromatic rings. The molecule has 0 aliphatic carbocycles. The van der Waals surface area contributed by atoms with Crippen molar-refractivity contribution in [3.8, 4) is 11.9 Å². The second-order valence-corrected chi connectivity index (χ2v) is 6.12. The van der Waals surface area contributed by atoms with Gasteiger partial charge in [0.2, 0.25) is 11.8 Å². The highest BCUT2D eigenvalue weighted by Gasteiger charge is 2.20. The lowest BCUT2D eigenvalue weighted by atomic mass is 10.1. The van der Waals surface area contributed by atoms with Gasteiger partial charge in [0, 0.05) is 25.1 Å². The molecular weight excluding hydrogens is 374 g/mol. The summed E-state index contributed by atoms with van der Waals surface area (Å²) in [7, 11) is 1.27. The molecular formula is C20H23N5O4. The molecule has 0 fully saturated rings. The van der Waals surface area contributed by atoms with Crippen LogP contribution in [0.2, 0.25) is 0 Å². The van der Waals surface area contributed by atoms with Crippen LogP contribution >= 0.6 is 0 Å². The monoisotopic (exact) mass is 397 g/mol. The molecule has 4 N–H and O–H groups in total. The molecule has 2 rings (SSSR count). The van der Waals surface area contributed by atoms with Crippen molar-refractivity contribution in [1.29, 1.82) is 5.26 Å². The van der Waals surface area contributed by atoms with Gasteiger partial charge >= 0.3 is 5.97 Å². The Bertz CT molecular complexity index is 922. The summed E-state index contributed by atoms with van der Waals surface area (Å²) in [6, 6.07) is 10.0. The number of anilines is 3. The highest BCUT2D eigenvalue weighted by Crippen LogP contribution is 2.27. The zero-order valence-electron chi connectivity index (χ0n) is 16.5. The number of nitrogen functional groups attached to an aromatic ring is 1. The average Bonchev–Trinajstić information content (AvgIpc) is 2.68. The van der Waals surface area contributed by atoms with Gasteiger partial charge in [0.1, 0.15) is 23.5 Å². The zero-order chi connectivity index (χ0) is 21.4. The number of nitrogens with two attached hydrogens (primary N) is 1. The van der Waals surface area contributed by atoms with Gasteiger partial charge in [-0.3, -0.25) is 4.79 Å². The number of benzene rings is 1. The fourth-order valence-electron chi connectivity index (χ4n) is 2.65. The van der Waals surface area contributed by atoms with E-state index in [0.717, 1.165) is 11.3 Å². The minimum Gasteiger partial charge on any atom is -0.477 e. The van der Waals surface area contributed by atoms with Crippen LogP contribution in [-0.4, -0.2) is 36.6 Å². The second-order valence-electron chi connectivity index (χ2n) is 6.12. The van der Waals surface area contributed by atoms with Crippen LogP contribution < -0.4 is 21.1 Å². The fourth-order valence-corrected chi connectivity index (χ4v) is 2.65. The summed E-state index contributed by atoms with van der Waals surface area (Å²) < 4.78 is 10.1. The van der Waals surface area contributed by atoms with Crippen LogP contribution in [0.5, 0.6) is 5.88 Å². The Morgan fingerprint density at radius 1 is 1.31 bits per heavy atom. The molecule has 1 amide bonds. The van der Waals surface area contributed by atoms with Gasteiger partial charge in [-0.15, -0.1) is 0 Å². The third-order valence-electron chi connectivity index (χ3n) is 3.94. The van der Waals surface area contributed by atoms with Crippen molar-refractivity contribution in [1.82, 2.24) is 10.3 Å². The minimum atomic E-state index is -0.759. The Morgan fingerprint density at radius 2 is 2.00 bits per heavy atom. The molecule has 0 saturated carbocycles. The van der Waals surface area contributed by atoms with E-state index >= 15 is 0 Å². The number of carbonyl (C=O) groups is 2. The number of nitriles is 1. The van der Waals surface area contributed by atoms with E-state index in [-0.39, 0.29) is 23.0 Å². The van der Waals surface area contributed by atoms with Crippen LogP contribution in [0.1, 0.15) is 25.0 Å². The van der Waals surface area contributed by atoms with Gasteiger partial charge < -0.3 is 25.8 Å². The second kappa shape index (κ2) is 9.94.